The third-order valence-electron chi connectivity index (χ3n) is 0.951. The molecule has 0 saturated carbocycles. The lowest BCUT2D eigenvalue weighted by atomic mass is 10.3. The molecule has 0 radical (unpaired) electrons. The van der Waals surface area contributed by atoms with E-state index in [1.165, 1.54) is 5.57 Å². The lowest BCUT2D eigenvalue weighted by molar-refractivity contribution is 0.399. The van der Waals surface area contributed by atoms with Gasteiger partial charge in [-0.1, -0.05) is 36.5 Å². The van der Waals surface area contributed by atoms with Gasteiger partial charge in [-0.25, -0.2) is 0 Å². The fraction of sp³-hybridized carbons (Fsp3) is 0.333. The van der Waals surface area contributed by atoms with Gasteiger partial charge in [0.2, 0.25) is 0 Å². The van der Waals surface area contributed by atoms with Crippen molar-refractivity contribution in [1.29, 1.82) is 0 Å². The third kappa shape index (κ3) is 10.2. The molecule has 0 aromatic heterocycles. The Morgan fingerprint density at radius 3 is 2.20 bits per heavy atom. The molecule has 0 aromatic carbocycles. The summed E-state index contributed by atoms with van der Waals surface area (Å²) >= 11 is 0. The molecule has 1 heteroatoms. The Morgan fingerprint density at radius 1 is 1.40 bits per heavy atom. The van der Waals surface area contributed by atoms with Gasteiger partial charge in [-0.3, -0.25) is 0 Å². The molecule has 1 N–H and O–H groups in total. The Balaban J connectivity index is 0. The Labute approximate surface area is 63.4 Å². The van der Waals surface area contributed by atoms with E-state index in [-0.39, 0.29) is 0 Å². The second-order valence-electron chi connectivity index (χ2n) is 1.63. The number of aliphatic hydroxyl groups excluding tert-OH is 1. The van der Waals surface area contributed by atoms with Gasteiger partial charge in [0.05, 0.1) is 0 Å². The molecule has 1 nitrogen and oxygen atoms in total. The van der Waals surface area contributed by atoms with Gasteiger partial charge in [0.25, 0.3) is 0 Å². The second kappa shape index (κ2) is 11.0. The summed E-state index contributed by atoms with van der Waals surface area (Å²) in [6.45, 7) is 7.63. The Hall–Kier alpha value is -0.820. The van der Waals surface area contributed by atoms with Crippen molar-refractivity contribution in [3.8, 4) is 0 Å². The van der Waals surface area contributed by atoms with E-state index in [1.54, 1.807) is 6.08 Å². The fourth-order valence-corrected chi connectivity index (χ4v) is 0.316. The predicted octanol–water partition coefficient (Wildman–Crippen LogP) is 2.30. The monoisotopic (exact) mass is 140 g/mol. The van der Waals surface area contributed by atoms with E-state index in [0.29, 0.717) is 0 Å². The Bertz CT molecular complexity index is 121. The van der Waals surface area contributed by atoms with Crippen molar-refractivity contribution < 1.29 is 5.11 Å². The van der Waals surface area contributed by atoms with Crippen molar-refractivity contribution in [2.45, 2.75) is 13.8 Å². The van der Waals surface area contributed by atoms with Crippen molar-refractivity contribution >= 4 is 0 Å². The molecular weight excluding hydrogens is 124 g/mol. The summed E-state index contributed by atoms with van der Waals surface area (Å²) in [6.07, 6.45) is 7.77. The van der Waals surface area contributed by atoms with E-state index in [4.69, 9.17) is 5.11 Å². The molecule has 0 saturated heterocycles. The molecule has 10 heavy (non-hydrogen) atoms. The van der Waals surface area contributed by atoms with E-state index in [0.717, 1.165) is 7.11 Å². The molecule has 58 valence electrons. The third-order valence-corrected chi connectivity index (χ3v) is 0.951. The second-order valence-corrected chi connectivity index (χ2v) is 1.63. The van der Waals surface area contributed by atoms with E-state index in [9.17, 15) is 0 Å². The van der Waals surface area contributed by atoms with Crippen LogP contribution in [0.2, 0.25) is 0 Å². The highest BCUT2D eigenvalue weighted by Gasteiger charge is 1.70. The van der Waals surface area contributed by atoms with E-state index in [2.05, 4.69) is 19.6 Å². The van der Waals surface area contributed by atoms with Crippen LogP contribution in [0, 0.1) is 0 Å². The first-order valence-electron chi connectivity index (χ1n) is 3.18. The van der Waals surface area contributed by atoms with Crippen LogP contribution >= 0.6 is 0 Å². The largest absolute Gasteiger partial charge is 0.400 e. The first-order valence-corrected chi connectivity index (χ1v) is 3.18. The zero-order valence-electron chi connectivity index (χ0n) is 6.96. The minimum absolute atomic E-state index is 1.00. The summed E-state index contributed by atoms with van der Waals surface area (Å²) < 4.78 is 0. The number of rotatable bonds is 2. The highest BCUT2D eigenvalue weighted by Crippen LogP contribution is 1.92. The molecule has 0 aromatic rings. The topological polar surface area (TPSA) is 20.2 Å². The van der Waals surface area contributed by atoms with Crippen molar-refractivity contribution in [2.75, 3.05) is 7.11 Å². The maximum atomic E-state index is 7.00. The summed E-state index contributed by atoms with van der Waals surface area (Å²) in [6, 6.07) is 0. The van der Waals surface area contributed by atoms with Crippen LogP contribution in [0.15, 0.2) is 36.5 Å². The van der Waals surface area contributed by atoms with Gasteiger partial charge in [-0.2, -0.15) is 0 Å². The van der Waals surface area contributed by atoms with Crippen molar-refractivity contribution in [1.82, 2.24) is 0 Å². The molecule has 0 unspecified atom stereocenters. The molecule has 0 heterocycles. The molecule has 0 aliphatic rings. The van der Waals surface area contributed by atoms with Gasteiger partial charge < -0.3 is 5.11 Å². The number of allylic oxidation sites excluding steroid dienone is 5. The summed E-state index contributed by atoms with van der Waals surface area (Å²) in [5, 5.41) is 7.00. The zero-order valence-corrected chi connectivity index (χ0v) is 6.96. The minimum Gasteiger partial charge on any atom is -0.400 e. The van der Waals surface area contributed by atoms with Crippen molar-refractivity contribution in [3.63, 3.8) is 0 Å². The molecule has 0 spiro atoms. The average molecular weight is 140 g/mol. The van der Waals surface area contributed by atoms with Crippen LogP contribution in [0.3, 0.4) is 0 Å². The van der Waals surface area contributed by atoms with Crippen LogP contribution in [-0.4, -0.2) is 12.2 Å². The smallest absolute Gasteiger partial charge is 0.0319 e. The van der Waals surface area contributed by atoms with Crippen LogP contribution in [0.25, 0.3) is 0 Å². The van der Waals surface area contributed by atoms with E-state index in [1.807, 2.05) is 19.1 Å². The molecule has 0 aliphatic carbocycles. The predicted molar refractivity (Wildman–Crippen MR) is 46.9 cm³/mol. The minimum atomic E-state index is 1.00. The van der Waals surface area contributed by atoms with Crippen LogP contribution in [0.5, 0.6) is 0 Å². The Morgan fingerprint density at radius 2 is 1.90 bits per heavy atom. The molecule has 0 fully saturated rings. The van der Waals surface area contributed by atoms with Gasteiger partial charge in [0.15, 0.2) is 0 Å². The van der Waals surface area contributed by atoms with Crippen molar-refractivity contribution in [3.05, 3.63) is 36.5 Å². The van der Waals surface area contributed by atoms with Gasteiger partial charge in [-0.05, 0) is 13.8 Å². The Kier molecular flexibility index (Phi) is 13.2. The molecule has 0 aliphatic heterocycles. The maximum absolute atomic E-state index is 7.00. The van der Waals surface area contributed by atoms with Gasteiger partial charge in [0.1, 0.15) is 0 Å². The van der Waals surface area contributed by atoms with Crippen LogP contribution in [0.4, 0.5) is 0 Å². The highest BCUT2D eigenvalue weighted by atomic mass is 16.2. The molecular formula is C9H16O. The number of hydrogen-bond donors (Lipinski definition) is 1. The lowest BCUT2D eigenvalue weighted by Crippen LogP contribution is -1.60. The molecule has 0 atom stereocenters. The van der Waals surface area contributed by atoms with E-state index < -0.39 is 0 Å². The highest BCUT2D eigenvalue weighted by molar-refractivity contribution is 5.18. The normalized spacial score (nSPS) is 10.6. The first-order chi connectivity index (χ1) is 4.81. The van der Waals surface area contributed by atoms with Gasteiger partial charge in [0, 0.05) is 7.11 Å². The standard InChI is InChI=1S/C8H12.CH4O/c1-4-6-7-8(3)5-2;1-2/h4-7H,1H2,2-3H3;2H,1H3/b7-6-,8-5-;. The van der Waals surface area contributed by atoms with E-state index >= 15 is 0 Å². The SMILES string of the molecule is C=C/C=C\C(C)=C/C.CO. The van der Waals surface area contributed by atoms with Crippen molar-refractivity contribution in [2.24, 2.45) is 0 Å². The molecule has 0 rings (SSSR count). The lowest BCUT2D eigenvalue weighted by Gasteiger charge is -1.82. The number of aliphatic hydroxyl groups is 1. The summed E-state index contributed by atoms with van der Waals surface area (Å²) in [4.78, 5) is 0. The molecule has 0 amide bonds. The fourth-order valence-electron chi connectivity index (χ4n) is 0.316. The summed E-state index contributed by atoms with van der Waals surface area (Å²) in [5.74, 6) is 0. The number of hydrogen-bond acceptors (Lipinski definition) is 1. The van der Waals surface area contributed by atoms with Crippen LogP contribution in [-0.2, 0) is 0 Å². The van der Waals surface area contributed by atoms with Crippen LogP contribution in [0.1, 0.15) is 13.8 Å². The average Bonchev–Trinajstić information content (AvgIpc) is 2.04. The molecule has 0 bridgehead atoms. The quantitative estimate of drug-likeness (QED) is 0.583. The maximum Gasteiger partial charge on any atom is 0.0319 e. The summed E-state index contributed by atoms with van der Waals surface area (Å²) in [7, 11) is 1.00. The van der Waals surface area contributed by atoms with Gasteiger partial charge in [-0.15, -0.1) is 0 Å². The zero-order chi connectivity index (χ0) is 8.41. The van der Waals surface area contributed by atoms with Crippen LogP contribution < -0.4 is 0 Å². The summed E-state index contributed by atoms with van der Waals surface area (Å²) in [5.41, 5.74) is 1.27. The first kappa shape index (κ1) is 11.9. The van der Waals surface area contributed by atoms with Gasteiger partial charge >= 0.3 is 0 Å².